The summed E-state index contributed by atoms with van der Waals surface area (Å²) in [5.74, 6) is 0.0773. The molecule has 0 aliphatic rings. The van der Waals surface area contributed by atoms with Crippen LogP contribution < -0.4 is 14.8 Å². The van der Waals surface area contributed by atoms with Crippen LogP contribution in [0.25, 0.3) is 0 Å². The molecule has 0 atom stereocenters. The van der Waals surface area contributed by atoms with Gasteiger partial charge >= 0.3 is 0 Å². The van der Waals surface area contributed by atoms with Crippen molar-refractivity contribution in [3.8, 4) is 5.75 Å². The number of aliphatic hydroxyl groups excluding tert-OH is 1. The molecule has 0 heterocycles. The summed E-state index contributed by atoms with van der Waals surface area (Å²) in [6.07, 6.45) is 0.478. The lowest BCUT2D eigenvalue weighted by atomic mass is 10.2. The standard InChI is InChI=1S/C18H22N2O5S/c1-14-5-2-3-6-17(14)20-26(23,24)16-9-7-15(8-10-16)25-13-18(22)19-11-4-12-21/h2-3,5-10,20-21H,4,11-13H2,1H3,(H,19,22). The van der Waals surface area contributed by atoms with E-state index in [2.05, 4.69) is 10.0 Å². The maximum absolute atomic E-state index is 12.4. The molecule has 3 N–H and O–H groups in total. The number of aryl methyl sites for hydroxylation is 1. The van der Waals surface area contributed by atoms with Crippen LogP contribution in [0.1, 0.15) is 12.0 Å². The molecule has 0 aromatic heterocycles. The predicted octanol–water partition coefficient (Wildman–Crippen LogP) is 1.67. The molecule has 2 aromatic carbocycles. The number of carbonyl (C=O) groups excluding carboxylic acids is 1. The molecule has 2 aromatic rings. The monoisotopic (exact) mass is 378 g/mol. The van der Waals surface area contributed by atoms with Gasteiger partial charge in [0.05, 0.1) is 10.6 Å². The van der Waals surface area contributed by atoms with Crippen LogP contribution in [0.15, 0.2) is 53.4 Å². The first-order chi connectivity index (χ1) is 12.4. The van der Waals surface area contributed by atoms with Crippen LogP contribution in [0, 0.1) is 6.92 Å². The number of amides is 1. The van der Waals surface area contributed by atoms with Crippen molar-refractivity contribution >= 4 is 21.6 Å². The van der Waals surface area contributed by atoms with Crippen molar-refractivity contribution < 1.29 is 23.1 Å². The van der Waals surface area contributed by atoms with Crippen LogP contribution >= 0.6 is 0 Å². The van der Waals surface area contributed by atoms with E-state index in [1.807, 2.05) is 19.1 Å². The van der Waals surface area contributed by atoms with Crippen molar-refractivity contribution in [2.75, 3.05) is 24.5 Å². The van der Waals surface area contributed by atoms with E-state index in [0.29, 0.717) is 24.4 Å². The van der Waals surface area contributed by atoms with Crippen molar-refractivity contribution in [1.82, 2.24) is 5.32 Å². The molecular weight excluding hydrogens is 356 g/mol. The summed E-state index contributed by atoms with van der Waals surface area (Å²) in [4.78, 5) is 11.6. The van der Waals surface area contributed by atoms with Gasteiger partial charge in [-0.15, -0.1) is 0 Å². The Morgan fingerprint density at radius 3 is 2.46 bits per heavy atom. The molecule has 0 bridgehead atoms. The van der Waals surface area contributed by atoms with Crippen LogP contribution in [-0.4, -0.2) is 39.2 Å². The largest absolute Gasteiger partial charge is 0.484 e. The summed E-state index contributed by atoms with van der Waals surface area (Å²) >= 11 is 0. The van der Waals surface area contributed by atoms with Crippen LogP contribution in [0.4, 0.5) is 5.69 Å². The Bertz CT molecular complexity index is 835. The lowest BCUT2D eigenvalue weighted by Gasteiger charge is -2.11. The highest BCUT2D eigenvalue weighted by Crippen LogP contribution is 2.21. The molecule has 2 rings (SSSR count). The van der Waals surface area contributed by atoms with Gasteiger partial charge in [0.2, 0.25) is 0 Å². The average Bonchev–Trinajstić information content (AvgIpc) is 2.62. The summed E-state index contributed by atoms with van der Waals surface area (Å²) in [5, 5.41) is 11.2. The molecule has 0 aliphatic heterocycles. The van der Waals surface area contributed by atoms with Crippen molar-refractivity contribution in [2.24, 2.45) is 0 Å². The Labute approximate surface area is 153 Å². The number of ether oxygens (including phenoxy) is 1. The predicted molar refractivity (Wildman–Crippen MR) is 98.6 cm³/mol. The number of hydrogen-bond donors (Lipinski definition) is 3. The average molecular weight is 378 g/mol. The minimum atomic E-state index is -3.71. The highest BCUT2D eigenvalue weighted by Gasteiger charge is 2.15. The van der Waals surface area contributed by atoms with E-state index in [4.69, 9.17) is 9.84 Å². The molecule has 0 radical (unpaired) electrons. The zero-order chi connectivity index (χ0) is 19.0. The van der Waals surface area contributed by atoms with Gasteiger partial charge in [-0.05, 0) is 49.2 Å². The van der Waals surface area contributed by atoms with Crippen molar-refractivity contribution in [2.45, 2.75) is 18.2 Å². The SMILES string of the molecule is Cc1ccccc1NS(=O)(=O)c1ccc(OCC(=O)NCCCO)cc1. The third-order valence-corrected chi connectivity index (χ3v) is 4.93. The number of rotatable bonds is 9. The number of benzene rings is 2. The smallest absolute Gasteiger partial charge is 0.261 e. The van der Waals surface area contributed by atoms with Gasteiger partial charge in [0.1, 0.15) is 5.75 Å². The van der Waals surface area contributed by atoms with Gasteiger partial charge in [-0.3, -0.25) is 9.52 Å². The lowest BCUT2D eigenvalue weighted by Crippen LogP contribution is -2.30. The maximum Gasteiger partial charge on any atom is 0.261 e. The topological polar surface area (TPSA) is 105 Å². The Hall–Kier alpha value is -2.58. The van der Waals surface area contributed by atoms with Gasteiger partial charge in [-0.1, -0.05) is 18.2 Å². The van der Waals surface area contributed by atoms with Crippen molar-refractivity contribution in [3.63, 3.8) is 0 Å². The zero-order valence-electron chi connectivity index (χ0n) is 14.4. The second kappa shape index (κ2) is 9.21. The van der Waals surface area contributed by atoms with Crippen LogP contribution in [-0.2, 0) is 14.8 Å². The van der Waals surface area contributed by atoms with Gasteiger partial charge in [0.15, 0.2) is 6.61 Å². The van der Waals surface area contributed by atoms with Gasteiger partial charge in [0.25, 0.3) is 15.9 Å². The maximum atomic E-state index is 12.4. The van der Waals surface area contributed by atoms with Crippen LogP contribution in [0.2, 0.25) is 0 Å². The van der Waals surface area contributed by atoms with E-state index >= 15 is 0 Å². The number of aliphatic hydroxyl groups is 1. The van der Waals surface area contributed by atoms with Crippen molar-refractivity contribution in [1.29, 1.82) is 0 Å². The molecule has 1 amide bonds. The molecule has 0 spiro atoms. The van der Waals surface area contributed by atoms with Crippen LogP contribution in [0.5, 0.6) is 5.75 Å². The van der Waals surface area contributed by atoms with Crippen LogP contribution in [0.3, 0.4) is 0 Å². The molecular formula is C18H22N2O5S. The number of hydrogen-bond acceptors (Lipinski definition) is 5. The fraction of sp³-hybridized carbons (Fsp3) is 0.278. The van der Waals surface area contributed by atoms with E-state index in [-0.39, 0.29) is 24.0 Å². The highest BCUT2D eigenvalue weighted by molar-refractivity contribution is 7.92. The Morgan fingerprint density at radius 1 is 1.12 bits per heavy atom. The Balaban J connectivity index is 1.95. The quantitative estimate of drug-likeness (QED) is 0.576. The summed E-state index contributed by atoms with van der Waals surface area (Å²) < 4.78 is 32.7. The first-order valence-corrected chi connectivity index (χ1v) is 9.59. The summed E-state index contributed by atoms with van der Waals surface area (Å²) in [7, 11) is -3.71. The fourth-order valence-electron chi connectivity index (χ4n) is 2.11. The second-order valence-corrected chi connectivity index (χ2v) is 7.29. The lowest BCUT2D eigenvalue weighted by molar-refractivity contribution is -0.123. The molecule has 0 saturated carbocycles. The van der Waals surface area contributed by atoms with E-state index < -0.39 is 10.0 Å². The molecule has 0 fully saturated rings. The van der Waals surface area contributed by atoms with E-state index in [0.717, 1.165) is 5.56 Å². The van der Waals surface area contributed by atoms with Gasteiger partial charge in [-0.25, -0.2) is 8.42 Å². The molecule has 140 valence electrons. The second-order valence-electron chi connectivity index (χ2n) is 5.61. The van der Waals surface area contributed by atoms with Gasteiger partial charge < -0.3 is 15.2 Å². The minimum absolute atomic E-state index is 0.00755. The molecule has 0 aliphatic carbocycles. The molecule has 0 saturated heterocycles. The first-order valence-electron chi connectivity index (χ1n) is 8.11. The van der Waals surface area contributed by atoms with E-state index in [1.165, 1.54) is 24.3 Å². The minimum Gasteiger partial charge on any atom is -0.484 e. The summed E-state index contributed by atoms with van der Waals surface area (Å²) in [5.41, 5.74) is 1.34. The summed E-state index contributed by atoms with van der Waals surface area (Å²) in [6, 6.07) is 12.9. The molecule has 8 heteroatoms. The molecule has 7 nitrogen and oxygen atoms in total. The zero-order valence-corrected chi connectivity index (χ0v) is 15.3. The van der Waals surface area contributed by atoms with E-state index in [1.54, 1.807) is 12.1 Å². The Kier molecular flexibility index (Phi) is 6.99. The normalized spacial score (nSPS) is 11.0. The number of sulfonamides is 1. The van der Waals surface area contributed by atoms with Crippen molar-refractivity contribution in [3.05, 3.63) is 54.1 Å². The fourth-order valence-corrected chi connectivity index (χ4v) is 3.24. The third kappa shape index (κ3) is 5.75. The number of para-hydroxylation sites is 1. The first kappa shape index (κ1) is 19.7. The van der Waals surface area contributed by atoms with Gasteiger partial charge in [-0.2, -0.15) is 0 Å². The summed E-state index contributed by atoms with van der Waals surface area (Å²) in [6.45, 7) is 2.02. The number of nitrogens with one attached hydrogen (secondary N) is 2. The highest BCUT2D eigenvalue weighted by atomic mass is 32.2. The van der Waals surface area contributed by atoms with Gasteiger partial charge in [0, 0.05) is 13.2 Å². The Morgan fingerprint density at radius 2 is 1.81 bits per heavy atom. The molecule has 26 heavy (non-hydrogen) atoms. The van der Waals surface area contributed by atoms with E-state index in [9.17, 15) is 13.2 Å². The molecule has 0 unspecified atom stereocenters. The number of carbonyl (C=O) groups is 1. The number of anilines is 1. The third-order valence-electron chi connectivity index (χ3n) is 3.55.